The van der Waals surface area contributed by atoms with Crippen molar-refractivity contribution in [2.24, 2.45) is 0 Å². The van der Waals surface area contributed by atoms with Crippen LogP contribution in [0.3, 0.4) is 0 Å². The lowest BCUT2D eigenvalue weighted by Crippen LogP contribution is -2.34. The highest BCUT2D eigenvalue weighted by Crippen LogP contribution is 1.98. The third-order valence-electron chi connectivity index (χ3n) is 1.47. The van der Waals surface area contributed by atoms with Gasteiger partial charge in [0, 0.05) is 6.04 Å². The molecule has 0 aliphatic heterocycles. The minimum atomic E-state index is -2.42. The predicted octanol–water partition coefficient (Wildman–Crippen LogP) is 1.09. The lowest BCUT2D eigenvalue weighted by atomic mass is 10.1. The topological polar surface area (TPSA) is 49.3 Å². The Balaban J connectivity index is 3.60. The molecule has 12 heavy (non-hydrogen) atoms. The number of carbonyl (C=O) groups is 1. The van der Waals surface area contributed by atoms with Crippen LogP contribution in [0.4, 0.5) is 8.78 Å². The molecule has 2 N–H and O–H groups in total. The highest BCUT2D eigenvalue weighted by atomic mass is 19.3. The number of carboxylic acids is 1. The van der Waals surface area contributed by atoms with Gasteiger partial charge < -0.3 is 10.4 Å². The van der Waals surface area contributed by atoms with Crippen molar-refractivity contribution in [1.82, 2.24) is 5.32 Å². The summed E-state index contributed by atoms with van der Waals surface area (Å²) >= 11 is 0. The quantitative estimate of drug-likeness (QED) is 0.645. The summed E-state index contributed by atoms with van der Waals surface area (Å²) in [5, 5.41) is 10.8. The summed E-state index contributed by atoms with van der Waals surface area (Å²) in [6, 6.07) is -0.350. The standard InChI is InChI=1S/C7H13F2NO2/c1-2-5(3-7(11)12)10-4-6(8)9/h5-6,10H,2-4H2,1H3,(H,11,12). The fourth-order valence-corrected chi connectivity index (χ4v) is 0.827. The number of rotatable bonds is 6. The van der Waals surface area contributed by atoms with Crippen molar-refractivity contribution in [3.05, 3.63) is 0 Å². The number of alkyl halides is 2. The van der Waals surface area contributed by atoms with Crippen LogP contribution in [0, 0.1) is 0 Å². The number of halogens is 2. The molecule has 0 heterocycles. The molecule has 0 aliphatic carbocycles. The Bertz CT molecular complexity index is 141. The van der Waals surface area contributed by atoms with E-state index >= 15 is 0 Å². The lowest BCUT2D eigenvalue weighted by molar-refractivity contribution is -0.137. The Kier molecular flexibility index (Phi) is 5.53. The van der Waals surface area contributed by atoms with E-state index in [9.17, 15) is 13.6 Å². The summed E-state index contributed by atoms with van der Waals surface area (Å²) in [5.74, 6) is -0.969. The Morgan fingerprint density at radius 1 is 1.58 bits per heavy atom. The molecule has 0 saturated heterocycles. The lowest BCUT2D eigenvalue weighted by Gasteiger charge is -2.13. The van der Waals surface area contributed by atoms with Gasteiger partial charge in [0.2, 0.25) is 0 Å². The zero-order valence-corrected chi connectivity index (χ0v) is 6.89. The molecule has 3 nitrogen and oxygen atoms in total. The minimum Gasteiger partial charge on any atom is -0.481 e. The van der Waals surface area contributed by atoms with E-state index in [1.54, 1.807) is 6.92 Å². The van der Waals surface area contributed by atoms with Gasteiger partial charge in [-0.2, -0.15) is 0 Å². The van der Waals surface area contributed by atoms with E-state index in [1.807, 2.05) is 0 Å². The summed E-state index contributed by atoms with van der Waals surface area (Å²) in [6.07, 6.45) is -1.99. The smallest absolute Gasteiger partial charge is 0.304 e. The van der Waals surface area contributed by atoms with Crippen LogP contribution in [0.2, 0.25) is 0 Å². The molecule has 5 heteroatoms. The molecule has 0 saturated carbocycles. The van der Waals surface area contributed by atoms with E-state index in [0.29, 0.717) is 6.42 Å². The molecular weight excluding hydrogens is 168 g/mol. The van der Waals surface area contributed by atoms with E-state index in [-0.39, 0.29) is 12.5 Å². The van der Waals surface area contributed by atoms with Gasteiger partial charge in [-0.05, 0) is 6.42 Å². The molecule has 72 valence electrons. The first-order valence-electron chi connectivity index (χ1n) is 3.79. The number of hydrogen-bond acceptors (Lipinski definition) is 2. The number of hydrogen-bond donors (Lipinski definition) is 2. The van der Waals surface area contributed by atoms with Gasteiger partial charge in [0.25, 0.3) is 6.43 Å². The van der Waals surface area contributed by atoms with E-state index in [1.165, 1.54) is 0 Å². The summed E-state index contributed by atoms with van der Waals surface area (Å²) in [4.78, 5) is 10.2. The third-order valence-corrected chi connectivity index (χ3v) is 1.47. The minimum absolute atomic E-state index is 0.108. The summed E-state index contributed by atoms with van der Waals surface area (Å²) < 4.78 is 23.3. The van der Waals surface area contributed by atoms with Gasteiger partial charge in [-0.25, -0.2) is 8.78 Å². The van der Waals surface area contributed by atoms with Crippen LogP contribution in [0.25, 0.3) is 0 Å². The summed E-state index contributed by atoms with van der Waals surface area (Å²) in [7, 11) is 0. The molecule has 1 atom stereocenters. The van der Waals surface area contributed by atoms with Gasteiger partial charge in [-0.3, -0.25) is 4.79 Å². The third kappa shape index (κ3) is 6.03. The van der Waals surface area contributed by atoms with Gasteiger partial charge in [-0.1, -0.05) is 6.92 Å². The second kappa shape index (κ2) is 5.88. The van der Waals surface area contributed by atoms with Crippen LogP contribution in [0.15, 0.2) is 0 Å². The molecule has 0 aliphatic rings. The largest absolute Gasteiger partial charge is 0.481 e. The average molecular weight is 181 g/mol. The highest BCUT2D eigenvalue weighted by Gasteiger charge is 2.12. The molecule has 0 aromatic heterocycles. The molecule has 0 bridgehead atoms. The summed E-state index contributed by atoms with van der Waals surface area (Å²) in [6.45, 7) is 1.32. The van der Waals surface area contributed by atoms with Crippen molar-refractivity contribution < 1.29 is 18.7 Å². The van der Waals surface area contributed by atoms with Gasteiger partial charge in [0.1, 0.15) is 0 Å². The van der Waals surface area contributed by atoms with Gasteiger partial charge >= 0.3 is 5.97 Å². The maximum Gasteiger partial charge on any atom is 0.304 e. The van der Waals surface area contributed by atoms with Crippen molar-refractivity contribution in [3.63, 3.8) is 0 Å². The first kappa shape index (κ1) is 11.3. The Labute approximate surface area is 69.8 Å². The Morgan fingerprint density at radius 2 is 2.17 bits per heavy atom. The maximum atomic E-state index is 11.7. The van der Waals surface area contributed by atoms with Gasteiger partial charge in [0.05, 0.1) is 13.0 Å². The molecule has 0 spiro atoms. The van der Waals surface area contributed by atoms with Crippen LogP contribution < -0.4 is 5.32 Å². The molecular formula is C7H13F2NO2. The van der Waals surface area contributed by atoms with Crippen molar-refractivity contribution in [1.29, 1.82) is 0 Å². The van der Waals surface area contributed by atoms with Crippen LogP contribution in [-0.4, -0.2) is 30.1 Å². The molecule has 0 aromatic carbocycles. The van der Waals surface area contributed by atoms with E-state index in [4.69, 9.17) is 5.11 Å². The number of nitrogens with one attached hydrogen (secondary N) is 1. The number of carboxylic acid groups (broad SMARTS) is 1. The Hall–Kier alpha value is -0.710. The molecule has 0 amide bonds. The maximum absolute atomic E-state index is 11.7. The molecule has 0 fully saturated rings. The molecule has 1 unspecified atom stereocenters. The molecule has 0 radical (unpaired) electrons. The van der Waals surface area contributed by atoms with Crippen molar-refractivity contribution in [2.45, 2.75) is 32.2 Å². The van der Waals surface area contributed by atoms with Crippen LogP contribution >= 0.6 is 0 Å². The normalized spacial score (nSPS) is 13.3. The van der Waals surface area contributed by atoms with Crippen LogP contribution in [-0.2, 0) is 4.79 Å². The Morgan fingerprint density at radius 3 is 2.50 bits per heavy atom. The van der Waals surface area contributed by atoms with Crippen molar-refractivity contribution in [3.8, 4) is 0 Å². The second-order valence-electron chi connectivity index (χ2n) is 2.50. The zero-order valence-electron chi connectivity index (χ0n) is 6.89. The first-order chi connectivity index (χ1) is 5.56. The van der Waals surface area contributed by atoms with Crippen LogP contribution in [0.1, 0.15) is 19.8 Å². The zero-order chi connectivity index (χ0) is 9.56. The fourth-order valence-electron chi connectivity index (χ4n) is 0.827. The first-order valence-corrected chi connectivity index (χ1v) is 3.79. The SMILES string of the molecule is CCC(CC(=O)O)NCC(F)F. The monoisotopic (exact) mass is 181 g/mol. The molecule has 0 rings (SSSR count). The van der Waals surface area contributed by atoms with Crippen molar-refractivity contribution >= 4 is 5.97 Å². The summed E-state index contributed by atoms with van der Waals surface area (Å²) in [5.41, 5.74) is 0. The predicted molar refractivity (Wildman–Crippen MR) is 40.3 cm³/mol. The van der Waals surface area contributed by atoms with E-state index in [0.717, 1.165) is 0 Å². The van der Waals surface area contributed by atoms with Gasteiger partial charge in [0.15, 0.2) is 0 Å². The highest BCUT2D eigenvalue weighted by molar-refractivity contribution is 5.67. The molecule has 0 aromatic rings. The van der Waals surface area contributed by atoms with Crippen molar-refractivity contribution in [2.75, 3.05) is 6.54 Å². The van der Waals surface area contributed by atoms with Gasteiger partial charge in [-0.15, -0.1) is 0 Å². The van der Waals surface area contributed by atoms with E-state index in [2.05, 4.69) is 5.32 Å². The second-order valence-corrected chi connectivity index (χ2v) is 2.50. The fraction of sp³-hybridized carbons (Fsp3) is 0.857. The number of aliphatic carboxylic acids is 1. The average Bonchev–Trinajstić information content (AvgIpc) is 1.97. The van der Waals surface area contributed by atoms with E-state index < -0.39 is 18.9 Å². The van der Waals surface area contributed by atoms with Crippen LogP contribution in [0.5, 0.6) is 0 Å².